The minimum absolute atomic E-state index is 0.0584. The van der Waals surface area contributed by atoms with Gasteiger partial charge in [0.1, 0.15) is 0 Å². The number of rotatable bonds is 4. The first-order chi connectivity index (χ1) is 13.4. The van der Waals surface area contributed by atoms with E-state index >= 15 is 0 Å². The van der Waals surface area contributed by atoms with Crippen LogP contribution in [0.1, 0.15) is 49.8 Å². The van der Waals surface area contributed by atoms with E-state index in [0.29, 0.717) is 34.2 Å². The largest absolute Gasteiger partial charge is 0.378 e. The summed E-state index contributed by atoms with van der Waals surface area (Å²) < 4.78 is 0. The molecule has 0 fully saturated rings. The molecule has 2 aromatic rings. The molecule has 0 bridgehead atoms. The highest BCUT2D eigenvalue weighted by molar-refractivity contribution is 6.35. The minimum Gasteiger partial charge on any atom is -0.378 e. The molecule has 1 aliphatic carbocycles. The number of halogens is 2. The predicted octanol–water partition coefficient (Wildman–Crippen LogP) is 6.80. The van der Waals surface area contributed by atoms with Crippen molar-refractivity contribution in [1.82, 2.24) is 0 Å². The first kappa shape index (κ1) is 19.4. The van der Waals surface area contributed by atoms with Gasteiger partial charge in [-0.15, -0.1) is 0 Å². The molecule has 5 heteroatoms. The van der Waals surface area contributed by atoms with E-state index in [2.05, 4.69) is 34.9 Å². The summed E-state index contributed by atoms with van der Waals surface area (Å²) in [7, 11) is 0. The van der Waals surface area contributed by atoms with E-state index in [1.54, 1.807) is 6.07 Å². The molecule has 3 atom stereocenters. The number of hydrogen-bond acceptors (Lipinski definition) is 2. The molecule has 1 heterocycles. The maximum atomic E-state index is 12.2. The topological polar surface area (TPSA) is 41.1 Å². The van der Waals surface area contributed by atoms with Gasteiger partial charge < -0.3 is 10.6 Å². The van der Waals surface area contributed by atoms with Gasteiger partial charge in [0.2, 0.25) is 5.91 Å². The standard InChI is InChI=1S/C23H24Cl2N2O/c1-13(2)10-22(28)26-15-7-9-21-19(12-15)16-4-3-5-17(16)23(27-21)18-8-6-14(24)11-20(18)25/h3-4,6-9,11-13,16-17,23,27H,5,10H2,1-2H3,(H,26,28). The Balaban J connectivity index is 1.64. The zero-order valence-electron chi connectivity index (χ0n) is 16.0. The van der Waals surface area contributed by atoms with Crippen LogP contribution in [0.4, 0.5) is 11.4 Å². The molecule has 0 aromatic heterocycles. The Hall–Kier alpha value is -1.97. The quantitative estimate of drug-likeness (QED) is 0.539. The van der Waals surface area contributed by atoms with Crippen LogP contribution in [-0.2, 0) is 4.79 Å². The van der Waals surface area contributed by atoms with Crippen molar-refractivity contribution in [2.24, 2.45) is 11.8 Å². The van der Waals surface area contributed by atoms with Gasteiger partial charge in [0.25, 0.3) is 0 Å². The first-order valence-electron chi connectivity index (χ1n) is 9.74. The van der Waals surface area contributed by atoms with Gasteiger partial charge in [-0.05, 0) is 59.7 Å². The Kier molecular flexibility index (Phi) is 5.39. The van der Waals surface area contributed by atoms with Gasteiger partial charge >= 0.3 is 0 Å². The normalized spacial score (nSPS) is 22.5. The Labute approximate surface area is 176 Å². The number of nitrogens with one attached hydrogen (secondary N) is 2. The molecule has 0 radical (unpaired) electrons. The number of amides is 1. The zero-order chi connectivity index (χ0) is 19.8. The Morgan fingerprint density at radius 3 is 2.75 bits per heavy atom. The average Bonchev–Trinajstić information content (AvgIpc) is 3.11. The van der Waals surface area contributed by atoms with Crippen LogP contribution in [0.25, 0.3) is 0 Å². The molecule has 3 unspecified atom stereocenters. The average molecular weight is 415 g/mol. The van der Waals surface area contributed by atoms with Crippen LogP contribution in [0.2, 0.25) is 10.0 Å². The molecule has 28 heavy (non-hydrogen) atoms. The summed E-state index contributed by atoms with van der Waals surface area (Å²) in [5.74, 6) is 1.08. The van der Waals surface area contributed by atoms with E-state index in [0.717, 1.165) is 23.4 Å². The third kappa shape index (κ3) is 3.78. The molecule has 1 amide bonds. The summed E-state index contributed by atoms with van der Waals surface area (Å²) in [5, 5.41) is 8.05. The van der Waals surface area contributed by atoms with Crippen molar-refractivity contribution in [2.45, 2.75) is 38.6 Å². The third-order valence-corrected chi connectivity index (χ3v) is 6.10. The van der Waals surface area contributed by atoms with Crippen molar-refractivity contribution in [2.75, 3.05) is 10.6 Å². The fraction of sp³-hybridized carbons (Fsp3) is 0.348. The molecule has 1 aliphatic heterocycles. The Morgan fingerprint density at radius 1 is 1.18 bits per heavy atom. The van der Waals surface area contributed by atoms with Gasteiger partial charge in [0.15, 0.2) is 0 Å². The lowest BCUT2D eigenvalue weighted by Gasteiger charge is -2.38. The van der Waals surface area contributed by atoms with Gasteiger partial charge in [-0.25, -0.2) is 0 Å². The van der Waals surface area contributed by atoms with Crippen LogP contribution in [0.3, 0.4) is 0 Å². The first-order valence-corrected chi connectivity index (χ1v) is 10.5. The van der Waals surface area contributed by atoms with E-state index in [1.165, 1.54) is 5.56 Å². The molecule has 0 spiro atoms. The number of anilines is 2. The maximum absolute atomic E-state index is 12.2. The Morgan fingerprint density at radius 2 is 2.00 bits per heavy atom. The second-order valence-corrected chi connectivity index (χ2v) is 8.93. The van der Waals surface area contributed by atoms with Crippen molar-refractivity contribution in [3.05, 3.63) is 69.7 Å². The summed E-state index contributed by atoms with van der Waals surface area (Å²) in [6.45, 7) is 4.10. The summed E-state index contributed by atoms with van der Waals surface area (Å²) in [5.41, 5.74) is 4.24. The van der Waals surface area contributed by atoms with Gasteiger partial charge in [-0.2, -0.15) is 0 Å². The molecule has 2 aliphatic rings. The zero-order valence-corrected chi connectivity index (χ0v) is 17.5. The molecule has 0 saturated heterocycles. The van der Waals surface area contributed by atoms with Gasteiger partial charge in [-0.3, -0.25) is 4.79 Å². The summed E-state index contributed by atoms with van der Waals surface area (Å²) in [6, 6.07) is 12.0. The van der Waals surface area contributed by atoms with Crippen LogP contribution < -0.4 is 10.6 Å². The molecule has 2 N–H and O–H groups in total. The Bertz CT molecular complexity index is 938. The van der Waals surface area contributed by atoms with Crippen molar-refractivity contribution < 1.29 is 4.79 Å². The number of hydrogen-bond donors (Lipinski definition) is 2. The highest BCUT2D eigenvalue weighted by Gasteiger charge is 2.38. The number of allylic oxidation sites excluding steroid dienone is 2. The van der Waals surface area contributed by atoms with E-state index in [9.17, 15) is 4.79 Å². The number of carbonyl (C=O) groups excluding carboxylic acids is 1. The summed E-state index contributed by atoms with van der Waals surface area (Å²) in [4.78, 5) is 12.2. The molecule has 2 aromatic carbocycles. The lowest BCUT2D eigenvalue weighted by Crippen LogP contribution is -2.29. The fourth-order valence-electron chi connectivity index (χ4n) is 4.32. The van der Waals surface area contributed by atoms with Crippen LogP contribution >= 0.6 is 23.2 Å². The van der Waals surface area contributed by atoms with Crippen molar-refractivity contribution >= 4 is 40.5 Å². The SMILES string of the molecule is CC(C)CC(=O)Nc1ccc2c(c1)C1C=CCC1C(c1ccc(Cl)cc1Cl)N2. The summed E-state index contributed by atoms with van der Waals surface area (Å²) >= 11 is 12.6. The van der Waals surface area contributed by atoms with Crippen LogP contribution in [-0.4, -0.2) is 5.91 Å². The number of benzene rings is 2. The monoisotopic (exact) mass is 414 g/mol. The van der Waals surface area contributed by atoms with Crippen LogP contribution in [0.15, 0.2) is 48.6 Å². The van der Waals surface area contributed by atoms with Crippen LogP contribution in [0, 0.1) is 11.8 Å². The molecular weight excluding hydrogens is 391 g/mol. The fourth-order valence-corrected chi connectivity index (χ4v) is 4.84. The second kappa shape index (κ2) is 7.81. The van der Waals surface area contributed by atoms with E-state index in [1.807, 2.05) is 32.0 Å². The van der Waals surface area contributed by atoms with E-state index in [-0.39, 0.29) is 11.9 Å². The molecule has 0 saturated carbocycles. The number of carbonyl (C=O) groups is 1. The molecule has 4 rings (SSSR count). The van der Waals surface area contributed by atoms with Crippen LogP contribution in [0.5, 0.6) is 0 Å². The smallest absolute Gasteiger partial charge is 0.224 e. The highest BCUT2D eigenvalue weighted by Crippen LogP contribution is 2.51. The van der Waals surface area contributed by atoms with Crippen molar-refractivity contribution in [1.29, 1.82) is 0 Å². The highest BCUT2D eigenvalue weighted by atomic mass is 35.5. The number of fused-ring (bicyclic) bond motifs is 3. The van der Waals surface area contributed by atoms with Crippen molar-refractivity contribution in [3.63, 3.8) is 0 Å². The minimum atomic E-state index is 0.0584. The maximum Gasteiger partial charge on any atom is 0.224 e. The lowest BCUT2D eigenvalue weighted by molar-refractivity contribution is -0.116. The van der Waals surface area contributed by atoms with E-state index in [4.69, 9.17) is 23.2 Å². The van der Waals surface area contributed by atoms with Gasteiger partial charge in [0.05, 0.1) is 6.04 Å². The molecular formula is C23H24Cl2N2O. The van der Waals surface area contributed by atoms with E-state index < -0.39 is 0 Å². The third-order valence-electron chi connectivity index (χ3n) is 5.54. The summed E-state index contributed by atoms with van der Waals surface area (Å²) in [6.07, 6.45) is 6.04. The van der Waals surface area contributed by atoms with Gasteiger partial charge in [0, 0.05) is 33.8 Å². The van der Waals surface area contributed by atoms with Crippen molar-refractivity contribution in [3.8, 4) is 0 Å². The molecule has 146 valence electrons. The second-order valence-electron chi connectivity index (χ2n) is 8.09. The predicted molar refractivity (Wildman–Crippen MR) is 117 cm³/mol. The molecule has 3 nitrogen and oxygen atoms in total. The van der Waals surface area contributed by atoms with Gasteiger partial charge in [-0.1, -0.05) is 55.3 Å². The lowest BCUT2D eigenvalue weighted by atomic mass is 9.77.